The van der Waals surface area contributed by atoms with Crippen LogP contribution in [0.2, 0.25) is 5.02 Å². The van der Waals surface area contributed by atoms with E-state index in [9.17, 15) is 5.11 Å². The number of rotatable bonds is 6. The largest absolute Gasteiger partial charge is 0.487 e. The van der Waals surface area contributed by atoms with E-state index < -0.39 is 5.60 Å². The first-order valence-corrected chi connectivity index (χ1v) is 13.4. The predicted octanol–water partition coefficient (Wildman–Crippen LogP) is 6.80. The van der Waals surface area contributed by atoms with Crippen molar-refractivity contribution in [2.45, 2.75) is 45.3 Å². The lowest BCUT2D eigenvalue weighted by Gasteiger charge is -2.50. The Morgan fingerprint density at radius 3 is 2.62 bits per heavy atom. The second-order valence-electron chi connectivity index (χ2n) is 10.8. The second kappa shape index (κ2) is 10.4. The number of para-hydroxylation sites is 1. The Balaban J connectivity index is 1.36. The van der Waals surface area contributed by atoms with Crippen LogP contribution < -0.4 is 4.74 Å². The minimum Gasteiger partial charge on any atom is -0.487 e. The molecule has 192 valence electrons. The predicted molar refractivity (Wildman–Crippen MR) is 151 cm³/mol. The summed E-state index contributed by atoms with van der Waals surface area (Å²) in [6.45, 7) is 11.2. The molecule has 2 aromatic carbocycles. The molecule has 1 N–H and O–H groups in total. The molecule has 3 heterocycles. The monoisotopic (exact) mass is 514 g/mol. The van der Waals surface area contributed by atoms with Gasteiger partial charge in [0, 0.05) is 53.3 Å². The van der Waals surface area contributed by atoms with Gasteiger partial charge in [-0.3, -0.25) is 4.98 Å². The van der Waals surface area contributed by atoms with Gasteiger partial charge in [-0.25, -0.2) is 0 Å². The summed E-state index contributed by atoms with van der Waals surface area (Å²) in [6, 6.07) is 20.2. The molecule has 37 heavy (non-hydrogen) atoms. The number of nitrogens with zero attached hydrogens (tertiary/aromatic N) is 2. The fourth-order valence-corrected chi connectivity index (χ4v) is 5.89. The van der Waals surface area contributed by atoms with Crippen molar-refractivity contribution in [3.63, 3.8) is 0 Å². The summed E-state index contributed by atoms with van der Waals surface area (Å²) in [7, 11) is 0. The third kappa shape index (κ3) is 5.11. The summed E-state index contributed by atoms with van der Waals surface area (Å²) in [5, 5.41) is 12.4. The zero-order chi connectivity index (χ0) is 26.0. The lowest BCUT2D eigenvalue weighted by molar-refractivity contribution is -0.125. The first-order chi connectivity index (χ1) is 17.8. The number of benzene rings is 2. The molecular formula is C32H35ClN2O2. The molecule has 1 aromatic heterocycles. The zero-order valence-corrected chi connectivity index (χ0v) is 22.5. The van der Waals surface area contributed by atoms with Gasteiger partial charge in [0.25, 0.3) is 0 Å². The van der Waals surface area contributed by atoms with Crippen LogP contribution in [0.25, 0.3) is 5.57 Å². The summed E-state index contributed by atoms with van der Waals surface area (Å²) in [5.41, 5.74) is 5.16. The first-order valence-electron chi connectivity index (χ1n) is 13.0. The number of pyridine rings is 1. The van der Waals surface area contributed by atoms with Crippen molar-refractivity contribution >= 4 is 17.2 Å². The fraction of sp³-hybridized carbons (Fsp3) is 0.344. The highest BCUT2D eigenvalue weighted by Gasteiger charge is 2.48. The van der Waals surface area contributed by atoms with Gasteiger partial charge in [-0.1, -0.05) is 74.0 Å². The summed E-state index contributed by atoms with van der Waals surface area (Å²) in [4.78, 5) is 7.35. The third-order valence-corrected chi connectivity index (χ3v) is 8.11. The van der Waals surface area contributed by atoms with Crippen LogP contribution in [0.5, 0.6) is 5.75 Å². The smallest absolute Gasteiger partial charge is 0.131 e. The molecule has 0 amide bonds. The topological polar surface area (TPSA) is 45.6 Å². The van der Waals surface area contributed by atoms with Gasteiger partial charge in [-0.15, -0.1) is 6.58 Å². The van der Waals surface area contributed by atoms with Crippen LogP contribution >= 0.6 is 11.6 Å². The molecule has 0 saturated carbocycles. The van der Waals surface area contributed by atoms with Crippen molar-refractivity contribution in [3.8, 4) is 5.75 Å². The van der Waals surface area contributed by atoms with Crippen molar-refractivity contribution in [1.82, 2.24) is 9.88 Å². The van der Waals surface area contributed by atoms with E-state index in [0.29, 0.717) is 18.1 Å². The van der Waals surface area contributed by atoms with Crippen molar-refractivity contribution < 1.29 is 9.84 Å². The quantitative estimate of drug-likeness (QED) is 0.367. The van der Waals surface area contributed by atoms with Gasteiger partial charge in [-0.2, -0.15) is 0 Å². The Bertz CT molecular complexity index is 1310. The van der Waals surface area contributed by atoms with Crippen LogP contribution in [0.3, 0.4) is 0 Å². The van der Waals surface area contributed by atoms with Crippen molar-refractivity contribution in [3.05, 3.63) is 112 Å². The lowest BCUT2D eigenvalue weighted by Crippen LogP contribution is -2.55. The van der Waals surface area contributed by atoms with Crippen LogP contribution in [-0.4, -0.2) is 34.6 Å². The van der Waals surface area contributed by atoms with Gasteiger partial charge in [-0.05, 0) is 48.2 Å². The van der Waals surface area contributed by atoms with Gasteiger partial charge in [0.15, 0.2) is 0 Å². The van der Waals surface area contributed by atoms with E-state index in [1.54, 1.807) is 0 Å². The van der Waals surface area contributed by atoms with E-state index in [1.807, 2.05) is 42.5 Å². The summed E-state index contributed by atoms with van der Waals surface area (Å²) in [6.07, 6.45) is 6.53. The van der Waals surface area contributed by atoms with Crippen LogP contribution in [0.1, 0.15) is 54.8 Å². The fourth-order valence-electron chi connectivity index (χ4n) is 5.76. The molecule has 0 aliphatic carbocycles. The first kappa shape index (κ1) is 25.7. The van der Waals surface area contributed by atoms with Gasteiger partial charge >= 0.3 is 0 Å². The number of allylic oxidation sites excluding steroid dienone is 1. The van der Waals surface area contributed by atoms with E-state index >= 15 is 0 Å². The molecule has 2 aliphatic heterocycles. The van der Waals surface area contributed by atoms with Gasteiger partial charge in [0.2, 0.25) is 0 Å². The molecule has 5 heteroatoms. The highest BCUT2D eigenvalue weighted by atomic mass is 35.5. The average Bonchev–Trinajstić information content (AvgIpc) is 3.03. The Hall–Kier alpha value is -2.92. The van der Waals surface area contributed by atoms with Crippen LogP contribution in [0.15, 0.2) is 79.4 Å². The number of ether oxygens (including phenoxy) is 1. The van der Waals surface area contributed by atoms with Gasteiger partial charge in [0.05, 0.1) is 11.3 Å². The van der Waals surface area contributed by atoms with Gasteiger partial charge in [0.1, 0.15) is 12.4 Å². The normalized spacial score (nSPS) is 22.0. The Labute approximate surface area is 225 Å². The van der Waals surface area contributed by atoms with E-state index in [1.165, 1.54) is 5.57 Å². The van der Waals surface area contributed by atoms with Gasteiger partial charge < -0.3 is 14.7 Å². The summed E-state index contributed by atoms with van der Waals surface area (Å²) < 4.78 is 6.16. The highest BCUT2D eigenvalue weighted by Crippen LogP contribution is 2.46. The molecule has 2 aliphatic rings. The molecule has 1 saturated heterocycles. The number of aromatic nitrogens is 1. The van der Waals surface area contributed by atoms with E-state index in [0.717, 1.165) is 66.3 Å². The molecule has 0 bridgehead atoms. The molecule has 0 radical (unpaired) electrons. The molecule has 3 aromatic rings. The van der Waals surface area contributed by atoms with Crippen LogP contribution in [-0.2, 0) is 18.6 Å². The number of halogens is 1. The Morgan fingerprint density at radius 1 is 1.08 bits per heavy atom. The number of fused-ring (bicyclic) bond motifs is 2. The minimum absolute atomic E-state index is 0.299. The number of aliphatic hydroxyl groups is 1. The average molecular weight is 515 g/mol. The SMILES string of the molecule is C=CCc1ccc2c(n1)COc1ccccc1/C2=C\CCN1CCC(O)(c2ccc(Cl)cc2)C(C)(C)C1. The standard InChI is InChI=1S/C32H35ClN2O2/c1-4-8-25-16-17-27-26(28-9-5-6-11-30(28)37-21-29(27)34-25)10-7-19-35-20-18-32(36,31(2,3)22-35)23-12-14-24(33)15-13-23/h4-6,9-17,36H,1,7-8,18-22H2,2-3H3/b26-10-. The van der Waals surface area contributed by atoms with E-state index in [4.69, 9.17) is 21.3 Å². The highest BCUT2D eigenvalue weighted by molar-refractivity contribution is 6.30. The molecule has 1 unspecified atom stereocenters. The maximum absolute atomic E-state index is 11.7. The molecular weight excluding hydrogens is 480 g/mol. The van der Waals surface area contributed by atoms with Crippen molar-refractivity contribution in [2.24, 2.45) is 5.41 Å². The molecule has 5 rings (SSSR count). The van der Waals surface area contributed by atoms with Crippen LogP contribution in [0, 0.1) is 5.41 Å². The molecule has 0 spiro atoms. The van der Waals surface area contributed by atoms with E-state index in [-0.39, 0.29) is 5.41 Å². The summed E-state index contributed by atoms with van der Waals surface area (Å²) in [5.74, 6) is 0.893. The number of piperidine rings is 1. The minimum atomic E-state index is -0.877. The van der Waals surface area contributed by atoms with Crippen molar-refractivity contribution in [1.29, 1.82) is 0 Å². The molecule has 1 atom stereocenters. The van der Waals surface area contributed by atoms with Crippen molar-refractivity contribution in [2.75, 3.05) is 19.6 Å². The number of hydrogen-bond acceptors (Lipinski definition) is 4. The molecule has 4 nitrogen and oxygen atoms in total. The zero-order valence-electron chi connectivity index (χ0n) is 21.7. The maximum atomic E-state index is 11.7. The Kier molecular flexibility index (Phi) is 7.26. The maximum Gasteiger partial charge on any atom is 0.131 e. The Morgan fingerprint density at radius 2 is 1.86 bits per heavy atom. The summed E-state index contributed by atoms with van der Waals surface area (Å²) >= 11 is 6.10. The number of hydrogen-bond donors (Lipinski definition) is 1. The van der Waals surface area contributed by atoms with Crippen LogP contribution in [0.4, 0.5) is 0 Å². The lowest BCUT2D eigenvalue weighted by atomic mass is 9.66. The third-order valence-electron chi connectivity index (χ3n) is 7.86. The molecule has 1 fully saturated rings. The van der Waals surface area contributed by atoms with E-state index in [2.05, 4.69) is 55.7 Å². The number of likely N-dealkylation sites (tertiary alicyclic amines) is 1. The second-order valence-corrected chi connectivity index (χ2v) is 11.2.